The third-order valence-electron chi connectivity index (χ3n) is 3.61. The number of para-hydroxylation sites is 1. The predicted octanol–water partition coefficient (Wildman–Crippen LogP) is 1.70. The van der Waals surface area contributed by atoms with Crippen LogP contribution in [0.1, 0.15) is 32.6 Å². The molecule has 1 aliphatic carbocycles. The summed E-state index contributed by atoms with van der Waals surface area (Å²) in [5.41, 5.74) is -0.148. The molecule has 1 aliphatic rings. The van der Waals surface area contributed by atoms with E-state index < -0.39 is 15.6 Å². The van der Waals surface area contributed by atoms with Crippen molar-refractivity contribution in [1.29, 1.82) is 0 Å². The fourth-order valence-electron chi connectivity index (χ4n) is 2.18. The van der Waals surface area contributed by atoms with Gasteiger partial charge in [0.25, 0.3) is 0 Å². The molecule has 0 aromatic heterocycles. The standard InChI is InChI=1S/C14H22N2O3S/c1-2-10-16-20(18,19)13-7-4-3-6-12(13)15-11-14(17)8-5-9-14/h3-4,6-7,15-17H,2,5,8-11H2,1H3. The van der Waals surface area contributed by atoms with Gasteiger partial charge in [0.2, 0.25) is 10.0 Å². The molecular weight excluding hydrogens is 276 g/mol. The Balaban J connectivity index is 2.13. The van der Waals surface area contributed by atoms with E-state index in [0.717, 1.165) is 25.7 Å². The molecule has 2 rings (SSSR count). The van der Waals surface area contributed by atoms with Gasteiger partial charge in [0.15, 0.2) is 0 Å². The highest BCUT2D eigenvalue weighted by Crippen LogP contribution is 2.32. The van der Waals surface area contributed by atoms with Crippen molar-refractivity contribution >= 4 is 15.7 Å². The van der Waals surface area contributed by atoms with Gasteiger partial charge >= 0.3 is 0 Å². The van der Waals surface area contributed by atoms with Crippen LogP contribution in [0.2, 0.25) is 0 Å². The van der Waals surface area contributed by atoms with E-state index in [1.54, 1.807) is 24.3 Å². The van der Waals surface area contributed by atoms with Crippen molar-refractivity contribution in [3.05, 3.63) is 24.3 Å². The van der Waals surface area contributed by atoms with E-state index in [9.17, 15) is 13.5 Å². The minimum absolute atomic E-state index is 0.233. The molecule has 0 heterocycles. The summed E-state index contributed by atoms with van der Waals surface area (Å²) < 4.78 is 27.0. The molecule has 0 radical (unpaired) electrons. The molecule has 0 amide bonds. The van der Waals surface area contributed by atoms with Crippen LogP contribution < -0.4 is 10.0 Å². The third-order valence-corrected chi connectivity index (χ3v) is 5.13. The van der Waals surface area contributed by atoms with Gasteiger partial charge in [-0.3, -0.25) is 0 Å². The molecule has 0 spiro atoms. The van der Waals surface area contributed by atoms with E-state index in [1.807, 2.05) is 6.92 Å². The molecule has 0 saturated heterocycles. The van der Waals surface area contributed by atoms with Gasteiger partial charge in [-0.25, -0.2) is 13.1 Å². The van der Waals surface area contributed by atoms with Crippen molar-refractivity contribution in [1.82, 2.24) is 4.72 Å². The number of anilines is 1. The number of aliphatic hydroxyl groups is 1. The molecule has 0 bridgehead atoms. The van der Waals surface area contributed by atoms with Crippen LogP contribution in [0.5, 0.6) is 0 Å². The van der Waals surface area contributed by atoms with Crippen LogP contribution in [0.4, 0.5) is 5.69 Å². The second kappa shape index (κ2) is 6.11. The Hall–Kier alpha value is -1.11. The second-order valence-electron chi connectivity index (χ2n) is 5.33. The molecule has 5 nitrogen and oxygen atoms in total. The van der Waals surface area contributed by atoms with E-state index in [1.165, 1.54) is 0 Å². The first-order valence-electron chi connectivity index (χ1n) is 7.02. The number of benzene rings is 1. The summed E-state index contributed by atoms with van der Waals surface area (Å²) in [6.07, 6.45) is 3.30. The summed E-state index contributed by atoms with van der Waals surface area (Å²) in [7, 11) is -3.50. The molecule has 6 heteroatoms. The molecule has 1 saturated carbocycles. The van der Waals surface area contributed by atoms with E-state index in [2.05, 4.69) is 10.0 Å². The minimum Gasteiger partial charge on any atom is -0.388 e. The molecule has 0 atom stereocenters. The lowest BCUT2D eigenvalue weighted by Gasteiger charge is -2.37. The van der Waals surface area contributed by atoms with Crippen molar-refractivity contribution in [2.45, 2.75) is 43.1 Å². The molecule has 3 N–H and O–H groups in total. The summed E-state index contributed by atoms with van der Waals surface area (Å²) in [5, 5.41) is 13.1. The lowest BCUT2D eigenvalue weighted by Crippen LogP contribution is -2.43. The Morgan fingerprint density at radius 1 is 1.30 bits per heavy atom. The van der Waals surface area contributed by atoms with E-state index in [4.69, 9.17) is 0 Å². The first-order chi connectivity index (χ1) is 9.47. The maximum Gasteiger partial charge on any atom is 0.242 e. The predicted molar refractivity (Wildman–Crippen MR) is 79.2 cm³/mol. The molecule has 1 aromatic rings. The molecule has 112 valence electrons. The monoisotopic (exact) mass is 298 g/mol. The Kier molecular flexibility index (Phi) is 4.67. The van der Waals surface area contributed by atoms with E-state index in [-0.39, 0.29) is 4.90 Å². The van der Waals surface area contributed by atoms with Crippen molar-refractivity contribution in [3.8, 4) is 0 Å². The number of hydrogen-bond donors (Lipinski definition) is 3. The third kappa shape index (κ3) is 3.50. The van der Waals surface area contributed by atoms with Gasteiger partial charge in [0.1, 0.15) is 4.90 Å². The van der Waals surface area contributed by atoms with Crippen LogP contribution in [0.15, 0.2) is 29.2 Å². The maximum atomic E-state index is 12.2. The fourth-order valence-corrected chi connectivity index (χ4v) is 3.50. The van der Waals surface area contributed by atoms with Crippen LogP contribution in [0.3, 0.4) is 0 Å². The van der Waals surface area contributed by atoms with Crippen LogP contribution in [-0.4, -0.2) is 32.2 Å². The Morgan fingerprint density at radius 2 is 2.00 bits per heavy atom. The van der Waals surface area contributed by atoms with Gasteiger partial charge < -0.3 is 10.4 Å². The number of rotatable bonds is 7. The van der Waals surface area contributed by atoms with Crippen molar-refractivity contribution in [2.24, 2.45) is 0 Å². The van der Waals surface area contributed by atoms with Crippen LogP contribution in [-0.2, 0) is 10.0 Å². The zero-order valence-electron chi connectivity index (χ0n) is 11.7. The second-order valence-corrected chi connectivity index (χ2v) is 7.06. The normalized spacial score (nSPS) is 17.5. The summed E-state index contributed by atoms with van der Waals surface area (Å²) in [6.45, 7) is 2.71. The lowest BCUT2D eigenvalue weighted by molar-refractivity contribution is -0.0202. The van der Waals surface area contributed by atoms with E-state index in [0.29, 0.717) is 18.8 Å². The summed E-state index contributed by atoms with van der Waals surface area (Å²) in [5.74, 6) is 0. The van der Waals surface area contributed by atoms with Gasteiger partial charge in [-0.05, 0) is 37.8 Å². The highest BCUT2D eigenvalue weighted by molar-refractivity contribution is 7.89. The molecule has 1 fully saturated rings. The van der Waals surface area contributed by atoms with Crippen LogP contribution >= 0.6 is 0 Å². The summed E-state index contributed by atoms with van der Waals surface area (Å²) in [4.78, 5) is 0.233. The summed E-state index contributed by atoms with van der Waals surface area (Å²) in [6, 6.07) is 6.78. The Labute approximate surface area is 120 Å². The Bertz CT molecular complexity index is 553. The highest BCUT2D eigenvalue weighted by atomic mass is 32.2. The topological polar surface area (TPSA) is 78.4 Å². The SMILES string of the molecule is CCCNS(=O)(=O)c1ccccc1NCC1(O)CCC1. The van der Waals surface area contributed by atoms with Crippen molar-refractivity contribution in [2.75, 3.05) is 18.4 Å². The molecule has 20 heavy (non-hydrogen) atoms. The zero-order valence-corrected chi connectivity index (χ0v) is 12.5. The fraction of sp³-hybridized carbons (Fsp3) is 0.571. The maximum absolute atomic E-state index is 12.2. The minimum atomic E-state index is -3.50. The van der Waals surface area contributed by atoms with Gasteiger partial charge in [-0.2, -0.15) is 0 Å². The molecule has 0 aliphatic heterocycles. The van der Waals surface area contributed by atoms with Crippen LogP contribution in [0, 0.1) is 0 Å². The van der Waals surface area contributed by atoms with Gasteiger partial charge in [-0.1, -0.05) is 19.1 Å². The molecule has 0 unspecified atom stereocenters. The number of hydrogen-bond acceptors (Lipinski definition) is 4. The first-order valence-corrected chi connectivity index (χ1v) is 8.50. The van der Waals surface area contributed by atoms with Crippen molar-refractivity contribution in [3.63, 3.8) is 0 Å². The van der Waals surface area contributed by atoms with Gasteiger partial charge in [0.05, 0.1) is 11.3 Å². The van der Waals surface area contributed by atoms with Gasteiger partial charge in [-0.15, -0.1) is 0 Å². The zero-order chi connectivity index (χ0) is 14.6. The smallest absolute Gasteiger partial charge is 0.242 e. The first kappa shape index (κ1) is 15.3. The summed E-state index contributed by atoms with van der Waals surface area (Å²) >= 11 is 0. The lowest BCUT2D eigenvalue weighted by atomic mass is 9.80. The largest absolute Gasteiger partial charge is 0.388 e. The highest BCUT2D eigenvalue weighted by Gasteiger charge is 2.34. The number of sulfonamides is 1. The van der Waals surface area contributed by atoms with Crippen LogP contribution in [0.25, 0.3) is 0 Å². The molecular formula is C14H22N2O3S. The van der Waals surface area contributed by atoms with E-state index >= 15 is 0 Å². The van der Waals surface area contributed by atoms with Gasteiger partial charge in [0, 0.05) is 13.1 Å². The Morgan fingerprint density at radius 3 is 2.60 bits per heavy atom. The van der Waals surface area contributed by atoms with Crippen molar-refractivity contribution < 1.29 is 13.5 Å². The average molecular weight is 298 g/mol. The molecule has 1 aromatic carbocycles. The average Bonchev–Trinajstić information content (AvgIpc) is 2.41. The quantitative estimate of drug-likeness (QED) is 0.716. The number of nitrogens with one attached hydrogen (secondary N) is 2.